The van der Waals surface area contributed by atoms with Crippen molar-refractivity contribution in [2.24, 2.45) is 0 Å². The van der Waals surface area contributed by atoms with Crippen LogP contribution in [0.5, 0.6) is 0 Å². The van der Waals surface area contributed by atoms with Crippen LogP contribution in [0.2, 0.25) is 0 Å². The Hall–Kier alpha value is -1.36. The van der Waals surface area contributed by atoms with Gasteiger partial charge in [-0.1, -0.05) is 6.58 Å². The molecule has 2 amide bonds. The van der Waals surface area contributed by atoms with Crippen molar-refractivity contribution in [3.8, 4) is 0 Å². The maximum absolute atomic E-state index is 11.5. The summed E-state index contributed by atoms with van der Waals surface area (Å²) in [5.74, 6) is -0.862. The Morgan fingerprint density at radius 2 is 2.07 bits per heavy atom. The SMILES string of the molecule is C=C(CNC)CN1CCN(C)C(=O)C1=O. The summed E-state index contributed by atoms with van der Waals surface area (Å²) in [5.41, 5.74) is 0.906. The zero-order chi connectivity index (χ0) is 11.4. The van der Waals surface area contributed by atoms with Crippen LogP contribution in [0.15, 0.2) is 12.2 Å². The molecule has 1 rings (SSSR count). The van der Waals surface area contributed by atoms with Gasteiger partial charge in [-0.15, -0.1) is 0 Å². The topological polar surface area (TPSA) is 52.6 Å². The fourth-order valence-electron chi connectivity index (χ4n) is 1.50. The molecule has 5 heteroatoms. The first-order chi connectivity index (χ1) is 7.06. The van der Waals surface area contributed by atoms with Gasteiger partial charge in [0.25, 0.3) is 0 Å². The number of nitrogens with one attached hydrogen (secondary N) is 1. The molecule has 1 aliphatic rings. The standard InChI is InChI=1S/C10H17N3O2/c1-8(6-11-2)7-13-5-4-12(3)9(14)10(13)15/h11H,1,4-7H2,2-3H3. The summed E-state index contributed by atoms with van der Waals surface area (Å²) in [6.07, 6.45) is 0. The first kappa shape index (κ1) is 11.7. The average Bonchev–Trinajstić information content (AvgIpc) is 2.20. The van der Waals surface area contributed by atoms with Crippen LogP contribution in [0.1, 0.15) is 0 Å². The van der Waals surface area contributed by atoms with Crippen LogP contribution in [0, 0.1) is 0 Å². The van der Waals surface area contributed by atoms with E-state index < -0.39 is 11.8 Å². The highest BCUT2D eigenvalue weighted by Gasteiger charge is 2.29. The number of amides is 2. The highest BCUT2D eigenvalue weighted by atomic mass is 16.2. The van der Waals surface area contributed by atoms with Gasteiger partial charge in [-0.2, -0.15) is 0 Å². The molecule has 0 aromatic rings. The van der Waals surface area contributed by atoms with E-state index in [1.54, 1.807) is 11.9 Å². The summed E-state index contributed by atoms with van der Waals surface area (Å²) in [4.78, 5) is 25.9. The van der Waals surface area contributed by atoms with Crippen LogP contribution in [0.25, 0.3) is 0 Å². The van der Waals surface area contributed by atoms with Crippen LogP contribution >= 0.6 is 0 Å². The van der Waals surface area contributed by atoms with E-state index in [1.807, 2.05) is 7.05 Å². The lowest BCUT2D eigenvalue weighted by molar-refractivity contribution is -0.154. The molecule has 84 valence electrons. The van der Waals surface area contributed by atoms with Crippen molar-refractivity contribution in [3.63, 3.8) is 0 Å². The van der Waals surface area contributed by atoms with Crippen molar-refractivity contribution in [2.75, 3.05) is 40.3 Å². The Labute approximate surface area is 89.7 Å². The van der Waals surface area contributed by atoms with Gasteiger partial charge in [-0.25, -0.2) is 0 Å². The maximum Gasteiger partial charge on any atom is 0.312 e. The Morgan fingerprint density at radius 1 is 1.40 bits per heavy atom. The molecule has 0 saturated carbocycles. The monoisotopic (exact) mass is 211 g/mol. The third kappa shape index (κ3) is 2.79. The number of hydrogen-bond acceptors (Lipinski definition) is 3. The molecule has 0 aliphatic carbocycles. The molecule has 15 heavy (non-hydrogen) atoms. The number of carbonyl (C=O) groups excluding carboxylic acids is 2. The number of carbonyl (C=O) groups is 2. The van der Waals surface area contributed by atoms with Gasteiger partial charge in [-0.3, -0.25) is 9.59 Å². The number of hydrogen-bond donors (Lipinski definition) is 1. The summed E-state index contributed by atoms with van der Waals surface area (Å²) in [7, 11) is 3.46. The molecule has 5 nitrogen and oxygen atoms in total. The molecule has 0 spiro atoms. The molecule has 1 saturated heterocycles. The van der Waals surface area contributed by atoms with Crippen molar-refractivity contribution in [2.45, 2.75) is 0 Å². The number of nitrogens with zero attached hydrogens (tertiary/aromatic N) is 2. The van der Waals surface area contributed by atoms with Gasteiger partial charge in [-0.05, 0) is 12.6 Å². The minimum Gasteiger partial charge on any atom is -0.336 e. The van der Waals surface area contributed by atoms with Crippen molar-refractivity contribution >= 4 is 11.8 Å². The largest absolute Gasteiger partial charge is 0.336 e. The molecule has 0 radical (unpaired) electrons. The van der Waals surface area contributed by atoms with E-state index in [0.717, 1.165) is 5.57 Å². The first-order valence-electron chi connectivity index (χ1n) is 4.92. The molecule has 1 aliphatic heterocycles. The second kappa shape index (κ2) is 4.93. The second-order valence-electron chi connectivity index (χ2n) is 3.73. The summed E-state index contributed by atoms with van der Waals surface area (Å²) < 4.78 is 0. The van der Waals surface area contributed by atoms with Gasteiger partial charge in [0.15, 0.2) is 0 Å². The fraction of sp³-hybridized carbons (Fsp3) is 0.600. The lowest BCUT2D eigenvalue weighted by Crippen LogP contribution is -2.53. The van der Waals surface area contributed by atoms with Gasteiger partial charge in [0.05, 0.1) is 0 Å². The smallest absolute Gasteiger partial charge is 0.312 e. The molecule has 0 atom stereocenters. The Morgan fingerprint density at radius 3 is 2.67 bits per heavy atom. The average molecular weight is 211 g/mol. The molecule has 0 aromatic heterocycles. The molecular weight excluding hydrogens is 194 g/mol. The van der Waals surface area contributed by atoms with E-state index in [2.05, 4.69) is 11.9 Å². The van der Waals surface area contributed by atoms with Crippen LogP contribution in [-0.2, 0) is 9.59 Å². The normalized spacial score (nSPS) is 17.2. The predicted molar refractivity (Wildman–Crippen MR) is 57.3 cm³/mol. The van der Waals surface area contributed by atoms with E-state index in [1.165, 1.54) is 4.90 Å². The number of piperazine rings is 1. The molecule has 1 N–H and O–H groups in total. The minimum atomic E-state index is -0.432. The maximum atomic E-state index is 11.5. The van der Waals surface area contributed by atoms with E-state index in [4.69, 9.17) is 0 Å². The van der Waals surface area contributed by atoms with E-state index in [-0.39, 0.29) is 0 Å². The molecule has 1 heterocycles. The van der Waals surface area contributed by atoms with Crippen LogP contribution in [-0.4, -0.2) is 61.9 Å². The summed E-state index contributed by atoms with van der Waals surface area (Å²) >= 11 is 0. The van der Waals surface area contributed by atoms with Crippen molar-refractivity contribution in [1.82, 2.24) is 15.1 Å². The molecule has 0 bridgehead atoms. The zero-order valence-electron chi connectivity index (χ0n) is 9.25. The van der Waals surface area contributed by atoms with E-state index in [9.17, 15) is 9.59 Å². The predicted octanol–water partition coefficient (Wildman–Crippen LogP) is -0.937. The van der Waals surface area contributed by atoms with Crippen molar-refractivity contribution in [3.05, 3.63) is 12.2 Å². The highest BCUT2D eigenvalue weighted by molar-refractivity contribution is 6.35. The molecule has 1 fully saturated rings. The first-order valence-corrected chi connectivity index (χ1v) is 4.92. The Balaban J connectivity index is 2.53. The highest BCUT2D eigenvalue weighted by Crippen LogP contribution is 2.05. The zero-order valence-corrected chi connectivity index (χ0v) is 9.25. The molecule has 0 aromatic carbocycles. The molecule has 0 unspecified atom stereocenters. The van der Waals surface area contributed by atoms with E-state index in [0.29, 0.717) is 26.2 Å². The quantitative estimate of drug-likeness (QED) is 0.482. The fourth-order valence-corrected chi connectivity index (χ4v) is 1.50. The van der Waals surface area contributed by atoms with Crippen molar-refractivity contribution in [1.29, 1.82) is 0 Å². The van der Waals surface area contributed by atoms with Crippen LogP contribution < -0.4 is 5.32 Å². The minimum absolute atomic E-state index is 0.430. The summed E-state index contributed by atoms with van der Waals surface area (Å²) in [6, 6.07) is 0. The van der Waals surface area contributed by atoms with Crippen LogP contribution in [0.4, 0.5) is 0 Å². The van der Waals surface area contributed by atoms with Gasteiger partial charge >= 0.3 is 11.8 Å². The summed E-state index contributed by atoms with van der Waals surface area (Å²) in [6.45, 7) is 6.14. The van der Waals surface area contributed by atoms with Crippen molar-refractivity contribution < 1.29 is 9.59 Å². The second-order valence-corrected chi connectivity index (χ2v) is 3.73. The van der Waals surface area contributed by atoms with Gasteiger partial charge in [0.1, 0.15) is 0 Å². The van der Waals surface area contributed by atoms with Gasteiger partial charge in [0.2, 0.25) is 0 Å². The molecular formula is C10H17N3O2. The van der Waals surface area contributed by atoms with Gasteiger partial charge < -0.3 is 15.1 Å². The lowest BCUT2D eigenvalue weighted by atomic mass is 10.2. The number of rotatable bonds is 4. The Kier molecular flexibility index (Phi) is 3.85. The summed E-state index contributed by atoms with van der Waals surface area (Å²) in [5, 5.41) is 2.96. The third-order valence-corrected chi connectivity index (χ3v) is 2.36. The third-order valence-electron chi connectivity index (χ3n) is 2.36. The Bertz CT molecular complexity index is 288. The van der Waals surface area contributed by atoms with Crippen LogP contribution in [0.3, 0.4) is 0 Å². The lowest BCUT2D eigenvalue weighted by Gasteiger charge is -2.31. The number of likely N-dealkylation sites (N-methyl/N-ethyl adjacent to an activating group) is 2. The van der Waals surface area contributed by atoms with Gasteiger partial charge in [0, 0.05) is 33.2 Å². The van der Waals surface area contributed by atoms with E-state index >= 15 is 0 Å².